The van der Waals surface area contributed by atoms with E-state index in [0.717, 1.165) is 12.8 Å². The number of anilines is 1. The Morgan fingerprint density at radius 2 is 2.20 bits per heavy atom. The maximum absolute atomic E-state index is 11.6. The van der Waals surface area contributed by atoms with Crippen LogP contribution in [0.1, 0.15) is 26.2 Å². The average Bonchev–Trinajstić information content (AvgIpc) is 2.39. The number of aliphatic carboxylic acids is 1. The Hall–Kier alpha value is -1.63. The lowest BCUT2D eigenvalue weighted by molar-refractivity contribution is -0.384. The lowest BCUT2D eigenvalue weighted by Crippen LogP contribution is -2.55. The van der Waals surface area contributed by atoms with Crippen LogP contribution in [0.4, 0.5) is 11.4 Å². The number of nitro benzene ring substituents is 1. The molecule has 1 aliphatic rings. The van der Waals surface area contributed by atoms with Gasteiger partial charge in [-0.25, -0.2) is 4.79 Å². The van der Waals surface area contributed by atoms with Crippen LogP contribution in [0.5, 0.6) is 0 Å². The molecule has 0 amide bonds. The molecule has 1 aromatic carbocycles. The largest absolute Gasteiger partial charge is 0.480 e. The summed E-state index contributed by atoms with van der Waals surface area (Å²) in [6, 6.07) is 4.71. The summed E-state index contributed by atoms with van der Waals surface area (Å²) in [6.07, 6.45) is 2.12. The fourth-order valence-electron chi connectivity index (χ4n) is 2.60. The van der Waals surface area contributed by atoms with Crippen LogP contribution in [0, 0.1) is 10.1 Å². The first kappa shape index (κ1) is 14.8. The Bertz CT molecular complexity index is 563. The molecule has 2 rings (SSSR count). The van der Waals surface area contributed by atoms with E-state index in [1.165, 1.54) is 6.07 Å². The van der Waals surface area contributed by atoms with Gasteiger partial charge in [0.15, 0.2) is 0 Å². The van der Waals surface area contributed by atoms with Gasteiger partial charge < -0.3 is 10.0 Å². The maximum atomic E-state index is 11.6. The highest BCUT2D eigenvalue weighted by atomic mass is 79.9. The number of piperidine rings is 1. The van der Waals surface area contributed by atoms with E-state index in [0.29, 0.717) is 23.1 Å². The number of carboxylic acids is 1. The predicted octanol–water partition coefficient (Wildman–Crippen LogP) is 3.19. The van der Waals surface area contributed by atoms with E-state index >= 15 is 0 Å². The van der Waals surface area contributed by atoms with Crippen molar-refractivity contribution in [1.82, 2.24) is 0 Å². The number of nitro groups is 1. The molecule has 1 aromatic rings. The molecular weight excluding hydrogens is 328 g/mol. The molecule has 108 valence electrons. The Balaban J connectivity index is 2.53. The zero-order valence-electron chi connectivity index (χ0n) is 11.0. The third-order valence-corrected chi connectivity index (χ3v) is 4.27. The molecule has 20 heavy (non-hydrogen) atoms. The van der Waals surface area contributed by atoms with Crippen molar-refractivity contribution in [1.29, 1.82) is 0 Å². The van der Waals surface area contributed by atoms with E-state index in [1.807, 2.05) is 0 Å². The third-order valence-electron chi connectivity index (χ3n) is 3.78. The van der Waals surface area contributed by atoms with E-state index in [2.05, 4.69) is 15.9 Å². The lowest BCUT2D eigenvalue weighted by Gasteiger charge is -2.42. The van der Waals surface area contributed by atoms with Gasteiger partial charge in [0.25, 0.3) is 5.69 Å². The molecule has 1 N–H and O–H groups in total. The first-order valence-electron chi connectivity index (χ1n) is 6.31. The van der Waals surface area contributed by atoms with Gasteiger partial charge in [-0.15, -0.1) is 0 Å². The number of carbonyl (C=O) groups is 1. The molecule has 0 aromatic heterocycles. The summed E-state index contributed by atoms with van der Waals surface area (Å²) in [5, 5.41) is 20.7. The minimum Gasteiger partial charge on any atom is -0.480 e. The smallest absolute Gasteiger partial charge is 0.329 e. The van der Waals surface area contributed by atoms with Crippen molar-refractivity contribution in [2.24, 2.45) is 0 Å². The standard InChI is InChI=1S/C13H15BrN2O4/c1-13(12(17)18)6-2-3-7-15(13)10-5-4-9(14)8-11(10)16(19)20/h4-5,8H,2-3,6-7H2,1H3,(H,17,18). The number of nitrogens with zero attached hydrogens (tertiary/aromatic N) is 2. The number of carboxylic acid groups (broad SMARTS) is 1. The third kappa shape index (κ3) is 2.49. The SMILES string of the molecule is CC1(C(=O)O)CCCCN1c1ccc(Br)cc1[N+](=O)[O-]. The van der Waals surface area contributed by atoms with Gasteiger partial charge in [0.2, 0.25) is 0 Å². The van der Waals surface area contributed by atoms with Crippen molar-refractivity contribution in [2.45, 2.75) is 31.7 Å². The summed E-state index contributed by atoms with van der Waals surface area (Å²) in [5.74, 6) is -0.950. The van der Waals surface area contributed by atoms with Gasteiger partial charge in [-0.2, -0.15) is 0 Å². The molecule has 1 atom stereocenters. The van der Waals surface area contributed by atoms with Crippen LogP contribution in [-0.4, -0.2) is 28.1 Å². The molecule has 1 fully saturated rings. The maximum Gasteiger partial charge on any atom is 0.329 e. The summed E-state index contributed by atoms with van der Waals surface area (Å²) in [7, 11) is 0. The molecule has 0 aliphatic carbocycles. The second-order valence-electron chi connectivity index (χ2n) is 5.08. The first-order chi connectivity index (χ1) is 9.36. The van der Waals surface area contributed by atoms with E-state index in [1.54, 1.807) is 24.0 Å². The summed E-state index contributed by atoms with van der Waals surface area (Å²) in [5.41, 5.74) is -0.812. The number of halogens is 1. The highest BCUT2D eigenvalue weighted by Crippen LogP contribution is 2.39. The Morgan fingerprint density at radius 3 is 2.80 bits per heavy atom. The quantitative estimate of drug-likeness (QED) is 0.673. The topological polar surface area (TPSA) is 83.7 Å². The minimum absolute atomic E-state index is 0.0752. The fraction of sp³-hybridized carbons (Fsp3) is 0.462. The van der Waals surface area contributed by atoms with Crippen molar-refractivity contribution in [3.63, 3.8) is 0 Å². The van der Waals surface area contributed by atoms with Crippen molar-refractivity contribution >= 4 is 33.3 Å². The van der Waals surface area contributed by atoms with Gasteiger partial charge in [0.05, 0.1) is 4.92 Å². The molecule has 0 bridgehead atoms. The van der Waals surface area contributed by atoms with E-state index in [-0.39, 0.29) is 5.69 Å². The van der Waals surface area contributed by atoms with Gasteiger partial charge in [0.1, 0.15) is 11.2 Å². The Kier molecular flexibility index (Phi) is 3.99. The van der Waals surface area contributed by atoms with E-state index in [4.69, 9.17) is 0 Å². The number of hydrogen-bond acceptors (Lipinski definition) is 4. The molecule has 0 spiro atoms. The molecule has 1 saturated heterocycles. The molecule has 1 unspecified atom stereocenters. The van der Waals surface area contributed by atoms with E-state index in [9.17, 15) is 20.0 Å². The number of benzene rings is 1. The summed E-state index contributed by atoms with van der Waals surface area (Å²) in [4.78, 5) is 24.0. The number of rotatable bonds is 3. The Labute approximate surface area is 124 Å². The minimum atomic E-state index is -1.10. The zero-order chi connectivity index (χ0) is 14.9. The van der Waals surface area contributed by atoms with Crippen LogP contribution in [0.15, 0.2) is 22.7 Å². The van der Waals surface area contributed by atoms with Crippen LogP contribution < -0.4 is 4.90 Å². The summed E-state index contributed by atoms with van der Waals surface area (Å²) in [6.45, 7) is 2.13. The molecule has 7 heteroatoms. The van der Waals surface area contributed by atoms with Crippen molar-refractivity contribution in [3.05, 3.63) is 32.8 Å². The number of hydrogen-bond donors (Lipinski definition) is 1. The van der Waals surface area contributed by atoms with Crippen LogP contribution >= 0.6 is 15.9 Å². The van der Waals surface area contributed by atoms with Crippen LogP contribution in [0.2, 0.25) is 0 Å². The molecule has 1 aliphatic heterocycles. The molecule has 1 heterocycles. The van der Waals surface area contributed by atoms with E-state index < -0.39 is 16.4 Å². The molecule has 0 saturated carbocycles. The van der Waals surface area contributed by atoms with Gasteiger partial charge in [-0.05, 0) is 38.3 Å². The highest BCUT2D eigenvalue weighted by Gasteiger charge is 2.43. The van der Waals surface area contributed by atoms with Gasteiger partial charge in [-0.3, -0.25) is 10.1 Å². The Morgan fingerprint density at radius 1 is 1.50 bits per heavy atom. The summed E-state index contributed by atoms with van der Waals surface area (Å²) >= 11 is 3.21. The summed E-state index contributed by atoms with van der Waals surface area (Å²) < 4.78 is 0.599. The fourth-order valence-corrected chi connectivity index (χ4v) is 2.95. The second-order valence-corrected chi connectivity index (χ2v) is 5.99. The average molecular weight is 343 g/mol. The van der Waals surface area contributed by atoms with Crippen LogP contribution in [-0.2, 0) is 4.79 Å². The normalized spacial score (nSPS) is 22.6. The lowest BCUT2D eigenvalue weighted by atomic mass is 9.87. The molecule has 0 radical (unpaired) electrons. The van der Waals surface area contributed by atoms with Crippen molar-refractivity contribution < 1.29 is 14.8 Å². The predicted molar refractivity (Wildman–Crippen MR) is 78.0 cm³/mol. The van der Waals surface area contributed by atoms with Gasteiger partial charge in [0, 0.05) is 17.1 Å². The van der Waals surface area contributed by atoms with Crippen LogP contribution in [0.25, 0.3) is 0 Å². The molecular formula is C13H15BrN2O4. The second kappa shape index (κ2) is 5.40. The van der Waals surface area contributed by atoms with Gasteiger partial charge >= 0.3 is 5.97 Å². The van der Waals surface area contributed by atoms with Gasteiger partial charge in [-0.1, -0.05) is 15.9 Å². The molecule has 6 nitrogen and oxygen atoms in total. The van der Waals surface area contributed by atoms with Crippen molar-refractivity contribution in [3.8, 4) is 0 Å². The van der Waals surface area contributed by atoms with Crippen molar-refractivity contribution in [2.75, 3.05) is 11.4 Å². The zero-order valence-corrected chi connectivity index (χ0v) is 12.6. The monoisotopic (exact) mass is 342 g/mol. The first-order valence-corrected chi connectivity index (χ1v) is 7.10. The van der Waals surface area contributed by atoms with Crippen LogP contribution in [0.3, 0.4) is 0 Å². The highest BCUT2D eigenvalue weighted by molar-refractivity contribution is 9.10.